The molecule has 1 aromatic carbocycles. The van der Waals surface area contributed by atoms with Crippen molar-refractivity contribution < 1.29 is 5.11 Å². The van der Waals surface area contributed by atoms with Crippen LogP contribution in [0.25, 0.3) is 0 Å². The van der Waals surface area contributed by atoms with Crippen LogP contribution < -0.4 is 0 Å². The van der Waals surface area contributed by atoms with Crippen LogP contribution in [-0.2, 0) is 19.9 Å². The van der Waals surface area contributed by atoms with Crippen molar-refractivity contribution in [2.75, 3.05) is 0 Å². The molecule has 1 heterocycles. The number of halogens is 1. The molecule has 0 spiro atoms. The lowest BCUT2D eigenvalue weighted by molar-refractivity contribution is 0.172. The lowest BCUT2D eigenvalue weighted by Crippen LogP contribution is -2.16. The van der Waals surface area contributed by atoms with Crippen molar-refractivity contribution in [3.8, 4) is 0 Å². The van der Waals surface area contributed by atoms with Crippen molar-refractivity contribution in [1.82, 2.24) is 9.55 Å². The van der Waals surface area contributed by atoms with Gasteiger partial charge >= 0.3 is 0 Å². The smallest absolute Gasteiger partial charge is 0.110 e. The Morgan fingerprint density at radius 2 is 2.24 bits per heavy atom. The quantitative estimate of drug-likeness (QED) is 0.940. The molecule has 0 amide bonds. The van der Waals surface area contributed by atoms with Crippen molar-refractivity contribution in [3.63, 3.8) is 0 Å². The van der Waals surface area contributed by atoms with Crippen LogP contribution in [0.2, 0.25) is 0 Å². The first-order valence-corrected chi connectivity index (χ1v) is 6.33. The SMILES string of the molecule is Cn1ccnc1CC(O)Cc1cccc(Br)c1. The number of aliphatic hydroxyl groups is 1. The monoisotopic (exact) mass is 294 g/mol. The maximum Gasteiger partial charge on any atom is 0.110 e. The highest BCUT2D eigenvalue weighted by molar-refractivity contribution is 9.10. The summed E-state index contributed by atoms with van der Waals surface area (Å²) in [6, 6.07) is 8.01. The van der Waals surface area contributed by atoms with Crippen LogP contribution in [0.1, 0.15) is 11.4 Å². The Morgan fingerprint density at radius 1 is 1.41 bits per heavy atom. The molecule has 3 nitrogen and oxygen atoms in total. The fraction of sp³-hybridized carbons (Fsp3) is 0.308. The van der Waals surface area contributed by atoms with Gasteiger partial charge in [0.15, 0.2) is 0 Å². The number of aliphatic hydroxyl groups excluding tert-OH is 1. The molecule has 1 aromatic heterocycles. The summed E-state index contributed by atoms with van der Waals surface area (Å²) in [7, 11) is 1.94. The zero-order valence-corrected chi connectivity index (χ0v) is 11.3. The van der Waals surface area contributed by atoms with Gasteiger partial charge in [-0.2, -0.15) is 0 Å². The minimum atomic E-state index is -0.398. The minimum absolute atomic E-state index is 0.398. The Bertz CT molecular complexity index is 496. The van der Waals surface area contributed by atoms with Gasteiger partial charge in [-0.25, -0.2) is 4.98 Å². The second kappa shape index (κ2) is 5.47. The zero-order chi connectivity index (χ0) is 12.3. The number of rotatable bonds is 4. The van der Waals surface area contributed by atoms with Gasteiger partial charge in [0.25, 0.3) is 0 Å². The second-order valence-corrected chi connectivity index (χ2v) is 5.06. The normalized spacial score (nSPS) is 12.6. The predicted octanol–water partition coefficient (Wildman–Crippen LogP) is 2.33. The Hall–Kier alpha value is -1.13. The highest BCUT2D eigenvalue weighted by atomic mass is 79.9. The number of nitrogens with zero attached hydrogens (tertiary/aromatic N) is 2. The van der Waals surface area contributed by atoms with Gasteiger partial charge in [-0.3, -0.25) is 0 Å². The molecule has 1 N–H and O–H groups in total. The average molecular weight is 295 g/mol. The average Bonchev–Trinajstić information content (AvgIpc) is 2.64. The summed E-state index contributed by atoms with van der Waals surface area (Å²) >= 11 is 3.43. The number of imidazole rings is 1. The molecule has 0 bridgehead atoms. The van der Waals surface area contributed by atoms with E-state index >= 15 is 0 Å². The Balaban J connectivity index is 1.98. The summed E-state index contributed by atoms with van der Waals surface area (Å²) in [6.45, 7) is 0. The van der Waals surface area contributed by atoms with Gasteiger partial charge in [-0.15, -0.1) is 0 Å². The van der Waals surface area contributed by atoms with Crippen LogP contribution in [0.5, 0.6) is 0 Å². The Labute approximate surface area is 109 Å². The van der Waals surface area contributed by atoms with E-state index in [-0.39, 0.29) is 0 Å². The van der Waals surface area contributed by atoms with Crippen LogP contribution in [0, 0.1) is 0 Å². The van der Waals surface area contributed by atoms with Crippen LogP contribution in [0.4, 0.5) is 0 Å². The van der Waals surface area contributed by atoms with E-state index < -0.39 is 6.10 Å². The van der Waals surface area contributed by atoms with Crippen molar-refractivity contribution >= 4 is 15.9 Å². The minimum Gasteiger partial charge on any atom is -0.392 e. The molecule has 0 aliphatic heterocycles. The molecule has 0 aliphatic carbocycles. The number of aryl methyl sites for hydroxylation is 1. The number of benzene rings is 1. The van der Waals surface area contributed by atoms with Crippen molar-refractivity contribution in [2.24, 2.45) is 7.05 Å². The molecular weight excluding hydrogens is 280 g/mol. The van der Waals surface area contributed by atoms with E-state index in [1.165, 1.54) is 0 Å². The van der Waals surface area contributed by atoms with Gasteiger partial charge in [0.2, 0.25) is 0 Å². The molecule has 1 atom stereocenters. The molecule has 2 rings (SSSR count). The fourth-order valence-corrected chi connectivity index (χ4v) is 2.26. The third-order valence-corrected chi connectivity index (χ3v) is 3.19. The van der Waals surface area contributed by atoms with Crippen LogP contribution >= 0.6 is 15.9 Å². The van der Waals surface area contributed by atoms with Crippen molar-refractivity contribution in [2.45, 2.75) is 18.9 Å². The lowest BCUT2D eigenvalue weighted by atomic mass is 10.1. The lowest BCUT2D eigenvalue weighted by Gasteiger charge is -2.10. The molecule has 4 heteroatoms. The van der Waals surface area contributed by atoms with Crippen molar-refractivity contribution in [3.05, 3.63) is 52.5 Å². The third kappa shape index (κ3) is 3.41. The molecule has 0 saturated heterocycles. The third-order valence-electron chi connectivity index (χ3n) is 2.70. The van der Waals surface area contributed by atoms with Gasteiger partial charge in [-0.1, -0.05) is 28.1 Å². The first-order chi connectivity index (χ1) is 8.15. The summed E-state index contributed by atoms with van der Waals surface area (Å²) in [6.07, 6.45) is 4.47. The van der Waals surface area contributed by atoms with E-state index in [2.05, 4.69) is 20.9 Å². The van der Waals surface area contributed by atoms with Gasteiger partial charge in [0, 0.05) is 30.3 Å². The number of aromatic nitrogens is 2. The van der Waals surface area contributed by atoms with E-state index in [9.17, 15) is 5.11 Å². The molecule has 2 aromatic rings. The molecule has 90 valence electrons. The number of hydrogen-bond donors (Lipinski definition) is 1. The van der Waals surface area contributed by atoms with Crippen LogP contribution in [0.3, 0.4) is 0 Å². The van der Waals surface area contributed by atoms with Crippen LogP contribution in [-0.4, -0.2) is 20.8 Å². The maximum absolute atomic E-state index is 10.0. The summed E-state index contributed by atoms with van der Waals surface area (Å²) in [5.74, 6) is 0.910. The summed E-state index contributed by atoms with van der Waals surface area (Å²) < 4.78 is 2.98. The van der Waals surface area contributed by atoms with Gasteiger partial charge in [0.05, 0.1) is 6.10 Å². The molecular formula is C13H15BrN2O. The topological polar surface area (TPSA) is 38.0 Å². The Kier molecular flexibility index (Phi) is 3.97. The second-order valence-electron chi connectivity index (χ2n) is 4.15. The highest BCUT2D eigenvalue weighted by Gasteiger charge is 2.10. The van der Waals surface area contributed by atoms with E-state index in [0.717, 1.165) is 15.9 Å². The van der Waals surface area contributed by atoms with E-state index in [1.54, 1.807) is 6.20 Å². The molecule has 0 aliphatic rings. The van der Waals surface area contributed by atoms with Crippen LogP contribution in [0.15, 0.2) is 41.1 Å². The van der Waals surface area contributed by atoms with Gasteiger partial charge < -0.3 is 9.67 Å². The standard InChI is InChI=1S/C13H15BrN2O/c1-16-6-5-15-13(16)9-12(17)8-10-3-2-4-11(14)7-10/h2-7,12,17H,8-9H2,1H3. The predicted molar refractivity (Wildman–Crippen MR) is 70.8 cm³/mol. The van der Waals surface area contributed by atoms with E-state index in [1.807, 2.05) is 42.1 Å². The highest BCUT2D eigenvalue weighted by Crippen LogP contribution is 2.14. The Morgan fingerprint density at radius 3 is 2.88 bits per heavy atom. The van der Waals surface area contributed by atoms with E-state index in [4.69, 9.17) is 0 Å². The largest absolute Gasteiger partial charge is 0.392 e. The molecule has 0 fully saturated rings. The number of hydrogen-bond acceptors (Lipinski definition) is 2. The molecule has 0 radical (unpaired) electrons. The van der Waals surface area contributed by atoms with Gasteiger partial charge in [-0.05, 0) is 24.1 Å². The van der Waals surface area contributed by atoms with Gasteiger partial charge in [0.1, 0.15) is 5.82 Å². The zero-order valence-electron chi connectivity index (χ0n) is 9.68. The molecule has 1 unspecified atom stereocenters. The summed E-state index contributed by atoms with van der Waals surface area (Å²) in [4.78, 5) is 4.21. The maximum atomic E-state index is 10.0. The first kappa shape index (κ1) is 12.3. The molecule has 17 heavy (non-hydrogen) atoms. The van der Waals surface area contributed by atoms with Crippen molar-refractivity contribution in [1.29, 1.82) is 0 Å². The summed E-state index contributed by atoms with van der Waals surface area (Å²) in [5, 5.41) is 10.0. The molecule has 0 saturated carbocycles. The van der Waals surface area contributed by atoms with E-state index in [0.29, 0.717) is 12.8 Å². The first-order valence-electron chi connectivity index (χ1n) is 5.54. The summed E-state index contributed by atoms with van der Waals surface area (Å²) in [5.41, 5.74) is 1.13. The fourth-order valence-electron chi connectivity index (χ4n) is 1.81.